The van der Waals surface area contributed by atoms with Gasteiger partial charge in [-0.1, -0.05) is 26.8 Å². The Morgan fingerprint density at radius 3 is 2.64 bits per heavy atom. The second-order valence-electron chi connectivity index (χ2n) is 7.83. The van der Waals surface area contributed by atoms with Gasteiger partial charge in [0.1, 0.15) is 5.69 Å². The molecule has 0 saturated heterocycles. The van der Waals surface area contributed by atoms with Crippen molar-refractivity contribution in [1.82, 2.24) is 19.7 Å². The summed E-state index contributed by atoms with van der Waals surface area (Å²) in [7, 11) is 0. The SMILES string of the molecule is Cc1cc(-c2c(-c3cccc(C)n3)nn3c2C(C)C(C)(C)C3)ccn1. The summed E-state index contributed by atoms with van der Waals surface area (Å²) in [5, 5.41) is 4.99. The highest BCUT2D eigenvalue weighted by molar-refractivity contribution is 5.82. The molecule has 0 spiro atoms. The van der Waals surface area contributed by atoms with Gasteiger partial charge in [-0.2, -0.15) is 5.10 Å². The van der Waals surface area contributed by atoms with Gasteiger partial charge in [-0.25, -0.2) is 0 Å². The molecular formula is C21H24N4. The van der Waals surface area contributed by atoms with Crippen molar-refractivity contribution in [3.8, 4) is 22.5 Å². The zero-order chi connectivity index (χ0) is 17.8. The van der Waals surface area contributed by atoms with Crippen LogP contribution in [0.25, 0.3) is 22.5 Å². The summed E-state index contributed by atoms with van der Waals surface area (Å²) in [6, 6.07) is 10.4. The standard InChI is InChI=1S/C21H24N4/c1-13-7-6-8-17(23-13)19-18(16-9-10-22-14(2)11-16)20-15(3)21(4,5)12-25(20)24-19/h6-11,15H,12H2,1-5H3. The predicted octanol–water partition coefficient (Wildman–Crippen LogP) is 4.77. The molecule has 0 bridgehead atoms. The fraction of sp³-hybridized carbons (Fsp3) is 0.381. The Kier molecular flexibility index (Phi) is 3.53. The molecule has 4 heterocycles. The van der Waals surface area contributed by atoms with Crippen molar-refractivity contribution >= 4 is 0 Å². The fourth-order valence-electron chi connectivity index (χ4n) is 3.77. The number of hydrogen-bond donors (Lipinski definition) is 0. The molecule has 1 atom stereocenters. The maximum atomic E-state index is 4.99. The van der Waals surface area contributed by atoms with E-state index >= 15 is 0 Å². The van der Waals surface area contributed by atoms with E-state index in [2.05, 4.69) is 54.7 Å². The summed E-state index contributed by atoms with van der Waals surface area (Å²) < 4.78 is 2.19. The first-order valence-corrected chi connectivity index (χ1v) is 8.84. The van der Waals surface area contributed by atoms with Crippen LogP contribution >= 0.6 is 0 Å². The van der Waals surface area contributed by atoms with Crippen LogP contribution in [0.2, 0.25) is 0 Å². The number of aromatic nitrogens is 4. The Morgan fingerprint density at radius 1 is 1.12 bits per heavy atom. The van der Waals surface area contributed by atoms with Gasteiger partial charge in [0.05, 0.1) is 11.4 Å². The predicted molar refractivity (Wildman–Crippen MR) is 100 cm³/mol. The highest BCUT2D eigenvalue weighted by Gasteiger charge is 2.40. The van der Waals surface area contributed by atoms with E-state index in [1.807, 2.05) is 26.1 Å². The largest absolute Gasteiger partial charge is 0.267 e. The zero-order valence-corrected chi connectivity index (χ0v) is 15.5. The van der Waals surface area contributed by atoms with E-state index in [4.69, 9.17) is 10.1 Å². The molecule has 4 nitrogen and oxygen atoms in total. The number of fused-ring (bicyclic) bond motifs is 1. The number of nitrogens with zero attached hydrogens (tertiary/aromatic N) is 4. The van der Waals surface area contributed by atoms with Crippen molar-refractivity contribution in [2.45, 2.75) is 47.1 Å². The van der Waals surface area contributed by atoms with Crippen LogP contribution in [-0.2, 0) is 6.54 Å². The lowest BCUT2D eigenvalue weighted by molar-refractivity contribution is 0.301. The Labute approximate surface area is 149 Å². The van der Waals surface area contributed by atoms with Gasteiger partial charge in [0, 0.05) is 35.6 Å². The molecule has 0 amide bonds. The average molecular weight is 332 g/mol. The molecule has 4 heteroatoms. The first-order chi connectivity index (χ1) is 11.9. The summed E-state index contributed by atoms with van der Waals surface area (Å²) in [5.74, 6) is 0.432. The molecule has 0 fully saturated rings. The van der Waals surface area contributed by atoms with Crippen molar-refractivity contribution in [2.24, 2.45) is 5.41 Å². The highest BCUT2D eigenvalue weighted by Crippen LogP contribution is 2.49. The van der Waals surface area contributed by atoms with E-state index in [0.29, 0.717) is 5.92 Å². The minimum atomic E-state index is 0.206. The van der Waals surface area contributed by atoms with Crippen LogP contribution in [0, 0.1) is 19.3 Å². The third-order valence-corrected chi connectivity index (χ3v) is 5.45. The summed E-state index contributed by atoms with van der Waals surface area (Å²) in [4.78, 5) is 9.10. The topological polar surface area (TPSA) is 43.6 Å². The number of hydrogen-bond acceptors (Lipinski definition) is 3. The van der Waals surface area contributed by atoms with Crippen molar-refractivity contribution in [1.29, 1.82) is 0 Å². The van der Waals surface area contributed by atoms with Crippen LogP contribution in [0.5, 0.6) is 0 Å². The maximum absolute atomic E-state index is 4.99. The molecule has 3 aromatic heterocycles. The van der Waals surface area contributed by atoms with Crippen molar-refractivity contribution < 1.29 is 0 Å². The molecule has 25 heavy (non-hydrogen) atoms. The first kappa shape index (κ1) is 16.0. The van der Waals surface area contributed by atoms with Crippen LogP contribution in [0.15, 0.2) is 36.5 Å². The van der Waals surface area contributed by atoms with Gasteiger partial charge < -0.3 is 0 Å². The normalized spacial score (nSPS) is 18.4. The van der Waals surface area contributed by atoms with Gasteiger partial charge in [-0.15, -0.1) is 0 Å². The van der Waals surface area contributed by atoms with E-state index in [1.165, 1.54) is 16.8 Å². The lowest BCUT2D eigenvalue weighted by Crippen LogP contribution is -2.17. The molecule has 1 aliphatic rings. The van der Waals surface area contributed by atoms with Gasteiger partial charge in [-0.3, -0.25) is 14.6 Å². The molecule has 0 radical (unpaired) electrons. The van der Waals surface area contributed by atoms with Gasteiger partial charge in [0.2, 0.25) is 0 Å². The number of pyridine rings is 2. The van der Waals surface area contributed by atoms with E-state index in [1.54, 1.807) is 0 Å². The van der Waals surface area contributed by atoms with Gasteiger partial charge >= 0.3 is 0 Å². The molecule has 0 N–H and O–H groups in total. The molecule has 3 aromatic rings. The zero-order valence-electron chi connectivity index (χ0n) is 15.5. The summed E-state index contributed by atoms with van der Waals surface area (Å²) in [6.45, 7) is 11.9. The Morgan fingerprint density at radius 2 is 1.92 bits per heavy atom. The van der Waals surface area contributed by atoms with Crippen LogP contribution in [0.4, 0.5) is 0 Å². The van der Waals surface area contributed by atoms with E-state index in [9.17, 15) is 0 Å². The lowest BCUT2D eigenvalue weighted by atomic mass is 9.79. The van der Waals surface area contributed by atoms with Gasteiger partial charge in [0.15, 0.2) is 0 Å². The van der Waals surface area contributed by atoms with Crippen LogP contribution in [0.3, 0.4) is 0 Å². The second-order valence-corrected chi connectivity index (χ2v) is 7.83. The minimum absolute atomic E-state index is 0.206. The minimum Gasteiger partial charge on any atom is -0.267 e. The van der Waals surface area contributed by atoms with Crippen molar-refractivity contribution in [3.05, 3.63) is 53.6 Å². The Hall–Kier alpha value is -2.49. The molecule has 0 aromatic carbocycles. The average Bonchev–Trinajstić information content (AvgIpc) is 3.01. The van der Waals surface area contributed by atoms with Gasteiger partial charge in [0.25, 0.3) is 0 Å². The highest BCUT2D eigenvalue weighted by atomic mass is 15.3. The monoisotopic (exact) mass is 332 g/mol. The molecule has 0 aliphatic carbocycles. The molecule has 1 aliphatic heterocycles. The second kappa shape index (κ2) is 5.51. The number of rotatable bonds is 2. The molecule has 4 rings (SSSR count). The van der Waals surface area contributed by atoms with Crippen LogP contribution in [0.1, 0.15) is 43.8 Å². The molecule has 0 saturated carbocycles. The van der Waals surface area contributed by atoms with E-state index < -0.39 is 0 Å². The molecular weight excluding hydrogens is 308 g/mol. The summed E-state index contributed by atoms with van der Waals surface area (Å²) in [6.07, 6.45) is 1.88. The quantitative estimate of drug-likeness (QED) is 0.679. The third-order valence-electron chi connectivity index (χ3n) is 5.45. The van der Waals surface area contributed by atoms with E-state index in [-0.39, 0.29) is 5.41 Å². The lowest BCUT2D eigenvalue weighted by Gasteiger charge is -2.23. The van der Waals surface area contributed by atoms with E-state index in [0.717, 1.165) is 29.3 Å². The summed E-state index contributed by atoms with van der Waals surface area (Å²) >= 11 is 0. The Balaban J connectivity index is 2.00. The first-order valence-electron chi connectivity index (χ1n) is 8.84. The third kappa shape index (κ3) is 2.56. The Bertz CT molecular complexity index is 952. The molecule has 1 unspecified atom stereocenters. The smallest absolute Gasteiger partial charge is 0.119 e. The van der Waals surface area contributed by atoms with Gasteiger partial charge in [-0.05, 0) is 49.1 Å². The molecule has 128 valence electrons. The van der Waals surface area contributed by atoms with Crippen LogP contribution in [-0.4, -0.2) is 19.7 Å². The van der Waals surface area contributed by atoms with Crippen molar-refractivity contribution in [3.63, 3.8) is 0 Å². The van der Waals surface area contributed by atoms with Crippen LogP contribution < -0.4 is 0 Å². The van der Waals surface area contributed by atoms with Crippen molar-refractivity contribution in [2.75, 3.05) is 0 Å². The fourth-order valence-corrected chi connectivity index (χ4v) is 3.77. The summed E-state index contributed by atoms with van der Waals surface area (Å²) in [5.41, 5.74) is 7.86. The maximum Gasteiger partial charge on any atom is 0.119 e. The number of aryl methyl sites for hydroxylation is 2.